The topological polar surface area (TPSA) is 57.2 Å². The number of ether oxygens (including phenoxy) is 1. The van der Waals surface area contributed by atoms with Gasteiger partial charge in [-0.25, -0.2) is 15.4 Å². The van der Waals surface area contributed by atoms with Crippen LogP contribution in [0.1, 0.15) is 13.8 Å². The predicted molar refractivity (Wildman–Crippen MR) is 98.5 cm³/mol. The number of hydrogen-bond donors (Lipinski definition) is 1. The highest BCUT2D eigenvalue weighted by Gasteiger charge is 2.33. The fourth-order valence-electron chi connectivity index (χ4n) is 3.05. The summed E-state index contributed by atoms with van der Waals surface area (Å²) in [7, 11) is 0. The van der Waals surface area contributed by atoms with Crippen LogP contribution >= 0.6 is 0 Å². The van der Waals surface area contributed by atoms with Gasteiger partial charge in [0.15, 0.2) is 5.78 Å². The summed E-state index contributed by atoms with van der Waals surface area (Å²) in [5.74, 6) is 1.65. The van der Waals surface area contributed by atoms with Crippen molar-refractivity contribution in [2.75, 3.05) is 26.3 Å². The summed E-state index contributed by atoms with van der Waals surface area (Å²) < 4.78 is 5.45. The highest BCUT2D eigenvalue weighted by molar-refractivity contribution is 6.44. The van der Waals surface area contributed by atoms with E-state index in [-0.39, 0.29) is 11.8 Å². The molecule has 1 unspecified atom stereocenters. The van der Waals surface area contributed by atoms with E-state index in [1.807, 2.05) is 42.3 Å². The molecule has 0 aliphatic carbocycles. The third-order valence-corrected chi connectivity index (χ3v) is 4.27. The lowest BCUT2D eigenvalue weighted by molar-refractivity contribution is -0.111. The van der Waals surface area contributed by atoms with Gasteiger partial charge in [0.1, 0.15) is 17.4 Å². The van der Waals surface area contributed by atoms with E-state index in [9.17, 15) is 4.79 Å². The van der Waals surface area contributed by atoms with Crippen LogP contribution in [0.15, 0.2) is 65.2 Å². The minimum atomic E-state index is -0.0370. The Hall–Kier alpha value is -2.44. The van der Waals surface area contributed by atoms with Crippen LogP contribution in [0.3, 0.4) is 0 Å². The third-order valence-electron chi connectivity index (χ3n) is 4.27. The second-order valence-corrected chi connectivity index (χ2v) is 6.02. The summed E-state index contributed by atoms with van der Waals surface area (Å²) in [6, 6.07) is -0.0244. The number of aliphatic imine (C=N–C) groups is 1. The number of ketones is 1. The molecule has 0 radical (unpaired) electrons. The van der Waals surface area contributed by atoms with Crippen LogP contribution in [0, 0.1) is 0 Å². The lowest BCUT2D eigenvalue weighted by Gasteiger charge is -2.38. The first-order valence-electron chi connectivity index (χ1n) is 8.51. The van der Waals surface area contributed by atoms with Gasteiger partial charge in [-0.3, -0.25) is 4.79 Å². The Morgan fingerprint density at radius 2 is 2.20 bits per heavy atom. The van der Waals surface area contributed by atoms with E-state index in [2.05, 4.69) is 21.9 Å². The van der Waals surface area contributed by atoms with Gasteiger partial charge in [-0.2, -0.15) is 0 Å². The molecule has 1 saturated heterocycles. The number of carbonyl (C=O) groups excluding carboxylic acids is 1. The van der Waals surface area contributed by atoms with E-state index >= 15 is 0 Å². The predicted octanol–water partition coefficient (Wildman–Crippen LogP) is 1.92. The number of carbonyl (C=O) groups is 1. The van der Waals surface area contributed by atoms with E-state index in [0.717, 1.165) is 30.3 Å². The maximum atomic E-state index is 11.9. The van der Waals surface area contributed by atoms with Crippen molar-refractivity contribution in [3.8, 4) is 0 Å². The van der Waals surface area contributed by atoms with Crippen LogP contribution in [0.25, 0.3) is 0 Å². The standard InChI is InChI=1S/C19H24N4O2/c1-4-6-15(7-5-2)17-12-18-20-16(14(3)24)13-19(23(18)21-17)22-8-10-25-11-9-22/h4-7,12-13,17,21H,1,8-11H2,2-3H3/b7-5-,15-6+. The summed E-state index contributed by atoms with van der Waals surface area (Å²) in [4.78, 5) is 18.7. The Kier molecular flexibility index (Phi) is 5.31. The van der Waals surface area contributed by atoms with E-state index in [4.69, 9.17) is 4.74 Å². The molecule has 6 heteroatoms. The largest absolute Gasteiger partial charge is 0.378 e. The molecule has 6 nitrogen and oxygen atoms in total. The molecule has 0 amide bonds. The van der Waals surface area contributed by atoms with Crippen LogP contribution in [0.4, 0.5) is 0 Å². The van der Waals surface area contributed by atoms with Gasteiger partial charge < -0.3 is 9.64 Å². The zero-order valence-electron chi connectivity index (χ0n) is 14.7. The third kappa shape index (κ3) is 3.65. The average molecular weight is 340 g/mol. The summed E-state index contributed by atoms with van der Waals surface area (Å²) >= 11 is 0. The molecule has 0 aromatic carbocycles. The Morgan fingerprint density at radius 1 is 1.44 bits per heavy atom. The molecule has 1 N–H and O–H groups in total. The van der Waals surface area contributed by atoms with Gasteiger partial charge in [-0.05, 0) is 18.6 Å². The van der Waals surface area contributed by atoms with Crippen molar-refractivity contribution < 1.29 is 9.53 Å². The van der Waals surface area contributed by atoms with Gasteiger partial charge in [0, 0.05) is 26.1 Å². The molecule has 0 aromatic rings. The number of hydrazine groups is 1. The van der Waals surface area contributed by atoms with Crippen molar-refractivity contribution in [3.63, 3.8) is 0 Å². The normalized spacial score (nSPS) is 24.0. The number of allylic oxidation sites excluding steroid dienone is 4. The molecule has 0 bridgehead atoms. The first kappa shape index (κ1) is 17.4. The number of nitrogens with one attached hydrogen (secondary N) is 1. The highest BCUT2D eigenvalue weighted by atomic mass is 16.5. The molecule has 1 fully saturated rings. The minimum absolute atomic E-state index is 0.0244. The Bertz CT molecular complexity index is 709. The number of morpholine rings is 1. The number of rotatable bonds is 5. The van der Waals surface area contributed by atoms with Crippen LogP contribution in [-0.4, -0.2) is 53.7 Å². The highest BCUT2D eigenvalue weighted by Crippen LogP contribution is 2.28. The molecule has 0 aromatic heterocycles. The minimum Gasteiger partial charge on any atom is -0.378 e. The first-order chi connectivity index (χ1) is 12.1. The molecular weight excluding hydrogens is 316 g/mol. The van der Waals surface area contributed by atoms with Crippen molar-refractivity contribution in [2.24, 2.45) is 4.99 Å². The van der Waals surface area contributed by atoms with E-state index in [1.165, 1.54) is 0 Å². The molecular formula is C19H24N4O2. The number of hydrogen-bond acceptors (Lipinski definition) is 6. The average Bonchev–Trinajstić information content (AvgIpc) is 3.05. The second-order valence-electron chi connectivity index (χ2n) is 6.02. The maximum Gasteiger partial charge on any atom is 0.178 e. The quantitative estimate of drug-likeness (QED) is 0.775. The van der Waals surface area contributed by atoms with E-state index < -0.39 is 0 Å². The number of nitrogens with zero attached hydrogens (tertiary/aromatic N) is 3. The van der Waals surface area contributed by atoms with Gasteiger partial charge in [-0.1, -0.05) is 30.9 Å². The van der Waals surface area contributed by atoms with E-state index in [0.29, 0.717) is 18.9 Å². The van der Waals surface area contributed by atoms with Crippen LogP contribution in [0.2, 0.25) is 0 Å². The fraction of sp³-hybridized carbons (Fsp3) is 0.368. The van der Waals surface area contributed by atoms with Crippen LogP contribution in [0.5, 0.6) is 0 Å². The number of Topliss-reactive ketones (excluding diaryl/α,β-unsaturated/α-hetero) is 1. The van der Waals surface area contributed by atoms with E-state index in [1.54, 1.807) is 13.0 Å². The van der Waals surface area contributed by atoms with Gasteiger partial charge in [0.25, 0.3) is 0 Å². The lowest BCUT2D eigenvalue weighted by atomic mass is 10.1. The smallest absolute Gasteiger partial charge is 0.178 e. The molecule has 3 heterocycles. The Balaban J connectivity index is 1.94. The fourth-order valence-corrected chi connectivity index (χ4v) is 3.05. The summed E-state index contributed by atoms with van der Waals surface area (Å²) in [5.41, 5.74) is 5.04. The molecule has 0 spiro atoms. The molecule has 25 heavy (non-hydrogen) atoms. The molecule has 3 aliphatic heterocycles. The molecule has 132 valence electrons. The second kappa shape index (κ2) is 7.63. The summed E-state index contributed by atoms with van der Waals surface area (Å²) in [6.45, 7) is 10.3. The molecule has 1 atom stereocenters. The first-order valence-corrected chi connectivity index (χ1v) is 8.51. The van der Waals surface area contributed by atoms with Crippen LogP contribution < -0.4 is 5.43 Å². The Morgan fingerprint density at radius 3 is 2.84 bits per heavy atom. The molecule has 0 saturated carbocycles. The van der Waals surface area contributed by atoms with Crippen molar-refractivity contribution in [3.05, 3.63) is 60.3 Å². The SMILES string of the molecule is C=C/C=C(\C=C/C)C1C=C2N=C(C(C)=O)C=C(N3CCOCC3)N2N1. The van der Waals surface area contributed by atoms with Gasteiger partial charge in [0.2, 0.25) is 0 Å². The molecule has 3 rings (SSSR count). The lowest BCUT2D eigenvalue weighted by Crippen LogP contribution is -2.47. The zero-order chi connectivity index (χ0) is 17.8. The summed E-state index contributed by atoms with van der Waals surface area (Å²) in [5, 5.41) is 1.96. The van der Waals surface area contributed by atoms with Crippen molar-refractivity contribution in [1.29, 1.82) is 0 Å². The zero-order valence-corrected chi connectivity index (χ0v) is 14.7. The van der Waals surface area contributed by atoms with Crippen molar-refractivity contribution in [1.82, 2.24) is 15.3 Å². The summed E-state index contributed by atoms with van der Waals surface area (Å²) in [6.07, 6.45) is 11.7. The molecule has 3 aliphatic rings. The Labute approximate surface area is 148 Å². The number of fused-ring (bicyclic) bond motifs is 1. The van der Waals surface area contributed by atoms with Crippen molar-refractivity contribution >= 4 is 11.5 Å². The van der Waals surface area contributed by atoms with Gasteiger partial charge in [0.05, 0.1) is 19.3 Å². The van der Waals surface area contributed by atoms with Crippen molar-refractivity contribution in [2.45, 2.75) is 19.9 Å². The monoisotopic (exact) mass is 340 g/mol. The van der Waals surface area contributed by atoms with Crippen LogP contribution in [-0.2, 0) is 9.53 Å². The van der Waals surface area contributed by atoms with Gasteiger partial charge >= 0.3 is 0 Å². The van der Waals surface area contributed by atoms with Gasteiger partial charge in [-0.15, -0.1) is 0 Å². The maximum absolute atomic E-state index is 11.9.